The maximum absolute atomic E-state index is 12.2. The molecule has 0 aliphatic rings. The summed E-state index contributed by atoms with van der Waals surface area (Å²) in [6, 6.07) is 4.90. The van der Waals surface area contributed by atoms with Crippen LogP contribution < -0.4 is 0 Å². The summed E-state index contributed by atoms with van der Waals surface area (Å²) in [4.78, 5) is 0.266. The van der Waals surface area contributed by atoms with Gasteiger partial charge in [-0.15, -0.1) is 0 Å². The molecule has 0 radical (unpaired) electrons. The van der Waals surface area contributed by atoms with Gasteiger partial charge in [-0.05, 0) is 54.8 Å². The summed E-state index contributed by atoms with van der Waals surface area (Å²) in [5.41, 5.74) is -2.16. The predicted molar refractivity (Wildman–Crippen MR) is 65.2 cm³/mol. The Morgan fingerprint density at radius 2 is 2.00 bits per heavy atom. The number of rotatable bonds is 4. The molecule has 0 aliphatic carbocycles. The van der Waals surface area contributed by atoms with E-state index in [0.717, 1.165) is 29.3 Å². The van der Waals surface area contributed by atoms with Crippen LogP contribution in [0.3, 0.4) is 0 Å². The van der Waals surface area contributed by atoms with E-state index in [1.54, 1.807) is 12.1 Å². The van der Waals surface area contributed by atoms with E-state index in [9.17, 15) is 13.2 Å². The van der Waals surface area contributed by atoms with E-state index in [-0.39, 0.29) is 16.7 Å². The molecule has 0 amide bonds. The van der Waals surface area contributed by atoms with Crippen LogP contribution in [0.25, 0.3) is 0 Å². The maximum atomic E-state index is 12.2. The lowest BCUT2D eigenvalue weighted by Crippen LogP contribution is -2.00. The normalized spacial score (nSPS) is 11.8. The summed E-state index contributed by atoms with van der Waals surface area (Å²) in [6.45, 7) is 1.92. The zero-order valence-corrected chi connectivity index (χ0v) is 11.2. The smallest absolute Gasteiger partial charge is 0.160 e. The number of hydrogen-bond donors (Lipinski definition) is 0. The molecule has 1 rings (SSSR count). The van der Waals surface area contributed by atoms with Gasteiger partial charge in [0.05, 0.1) is 0 Å². The van der Waals surface area contributed by atoms with Crippen LogP contribution in [-0.4, -0.2) is 10.8 Å². The third-order valence-corrected chi connectivity index (χ3v) is 3.42. The van der Waals surface area contributed by atoms with Crippen LogP contribution in [-0.2, 0) is 6.42 Å². The molecular formula is C11H12BrF3S. The van der Waals surface area contributed by atoms with Gasteiger partial charge >= 0.3 is 5.51 Å². The third-order valence-electron chi connectivity index (χ3n) is 2.13. The summed E-state index contributed by atoms with van der Waals surface area (Å²) in [5.74, 6) is 0. The Morgan fingerprint density at radius 1 is 1.31 bits per heavy atom. The van der Waals surface area contributed by atoms with Gasteiger partial charge in [-0.1, -0.05) is 22.0 Å². The Balaban J connectivity index is 2.81. The molecule has 1 aromatic rings. The molecule has 0 N–H and O–H groups in total. The molecule has 0 spiro atoms. The highest BCUT2D eigenvalue weighted by molar-refractivity contribution is 9.09. The van der Waals surface area contributed by atoms with Crippen LogP contribution in [0.15, 0.2) is 23.1 Å². The number of aryl methyl sites for hydroxylation is 2. The highest BCUT2D eigenvalue weighted by Crippen LogP contribution is 2.37. The summed E-state index contributed by atoms with van der Waals surface area (Å²) in [7, 11) is 0. The average molecular weight is 313 g/mol. The van der Waals surface area contributed by atoms with Crippen molar-refractivity contribution in [3.8, 4) is 0 Å². The largest absolute Gasteiger partial charge is 0.446 e. The molecule has 5 heteroatoms. The van der Waals surface area contributed by atoms with E-state index >= 15 is 0 Å². The Kier molecular flexibility index (Phi) is 5.18. The lowest BCUT2D eigenvalue weighted by Gasteiger charge is -2.09. The molecule has 1 aromatic carbocycles. The first-order valence-corrected chi connectivity index (χ1v) is 6.77. The monoisotopic (exact) mass is 312 g/mol. The number of halogens is 4. The Morgan fingerprint density at radius 3 is 2.56 bits per heavy atom. The number of alkyl halides is 4. The first kappa shape index (κ1) is 13.9. The molecule has 0 bridgehead atoms. The summed E-state index contributed by atoms with van der Waals surface area (Å²) in [6.07, 6.45) is 1.74. The maximum Gasteiger partial charge on any atom is 0.446 e. The van der Waals surface area contributed by atoms with Gasteiger partial charge < -0.3 is 0 Å². The minimum atomic E-state index is -4.21. The summed E-state index contributed by atoms with van der Waals surface area (Å²) >= 11 is 3.26. The van der Waals surface area contributed by atoms with Gasteiger partial charge in [0.15, 0.2) is 0 Å². The van der Waals surface area contributed by atoms with Crippen molar-refractivity contribution in [2.45, 2.75) is 30.2 Å². The minimum absolute atomic E-state index is 0.0546. The van der Waals surface area contributed by atoms with Crippen molar-refractivity contribution in [1.29, 1.82) is 0 Å². The first-order chi connectivity index (χ1) is 7.42. The number of hydrogen-bond acceptors (Lipinski definition) is 1. The van der Waals surface area contributed by atoms with Crippen LogP contribution in [0.5, 0.6) is 0 Å². The second kappa shape index (κ2) is 5.96. The lowest BCUT2D eigenvalue weighted by molar-refractivity contribution is -0.0328. The molecule has 0 atom stereocenters. The molecule has 0 saturated heterocycles. The van der Waals surface area contributed by atoms with Crippen molar-refractivity contribution >= 4 is 27.7 Å². The fraction of sp³-hybridized carbons (Fsp3) is 0.455. The van der Waals surface area contributed by atoms with E-state index in [2.05, 4.69) is 15.9 Å². The summed E-state index contributed by atoms with van der Waals surface area (Å²) < 4.78 is 36.5. The van der Waals surface area contributed by atoms with Crippen molar-refractivity contribution in [2.24, 2.45) is 0 Å². The van der Waals surface area contributed by atoms with E-state index in [1.807, 2.05) is 6.92 Å². The number of benzene rings is 1. The SMILES string of the molecule is Cc1ccc(SC(F)(F)F)cc1CCCBr. The van der Waals surface area contributed by atoms with E-state index in [1.165, 1.54) is 6.07 Å². The molecule has 0 nitrogen and oxygen atoms in total. The molecule has 0 aromatic heterocycles. The van der Waals surface area contributed by atoms with Gasteiger partial charge in [-0.3, -0.25) is 0 Å². The van der Waals surface area contributed by atoms with Crippen LogP contribution in [0.2, 0.25) is 0 Å². The summed E-state index contributed by atoms with van der Waals surface area (Å²) in [5, 5.41) is 0.864. The predicted octanol–water partition coefficient (Wildman–Crippen LogP) is 4.93. The van der Waals surface area contributed by atoms with Crippen molar-refractivity contribution in [3.05, 3.63) is 29.3 Å². The van der Waals surface area contributed by atoms with Crippen LogP contribution in [0, 0.1) is 6.92 Å². The molecule has 0 unspecified atom stereocenters. The van der Waals surface area contributed by atoms with E-state index in [0.29, 0.717) is 0 Å². The van der Waals surface area contributed by atoms with Gasteiger partial charge in [-0.2, -0.15) is 13.2 Å². The van der Waals surface area contributed by atoms with Crippen LogP contribution in [0.4, 0.5) is 13.2 Å². The highest BCUT2D eigenvalue weighted by Gasteiger charge is 2.29. The van der Waals surface area contributed by atoms with Crippen molar-refractivity contribution in [1.82, 2.24) is 0 Å². The van der Waals surface area contributed by atoms with E-state index < -0.39 is 5.51 Å². The van der Waals surface area contributed by atoms with E-state index in [4.69, 9.17) is 0 Å². The fourth-order valence-electron chi connectivity index (χ4n) is 1.37. The molecule has 90 valence electrons. The average Bonchev–Trinajstić information content (AvgIpc) is 2.17. The molecule has 0 aliphatic heterocycles. The highest BCUT2D eigenvalue weighted by atomic mass is 79.9. The molecule has 0 heterocycles. The minimum Gasteiger partial charge on any atom is -0.160 e. The van der Waals surface area contributed by atoms with Gasteiger partial charge in [0, 0.05) is 10.2 Å². The molecular weight excluding hydrogens is 301 g/mol. The van der Waals surface area contributed by atoms with Crippen molar-refractivity contribution in [3.63, 3.8) is 0 Å². The second-order valence-corrected chi connectivity index (χ2v) is 5.36. The zero-order chi connectivity index (χ0) is 12.2. The quantitative estimate of drug-likeness (QED) is 0.561. The first-order valence-electron chi connectivity index (χ1n) is 4.83. The fourth-order valence-corrected chi connectivity index (χ4v) is 2.26. The molecule has 16 heavy (non-hydrogen) atoms. The topological polar surface area (TPSA) is 0 Å². The molecule has 0 fully saturated rings. The van der Waals surface area contributed by atoms with Crippen molar-refractivity contribution < 1.29 is 13.2 Å². The van der Waals surface area contributed by atoms with Crippen LogP contribution >= 0.6 is 27.7 Å². The second-order valence-electron chi connectivity index (χ2n) is 3.43. The van der Waals surface area contributed by atoms with Crippen molar-refractivity contribution in [2.75, 3.05) is 5.33 Å². The standard InChI is InChI=1S/C11H12BrF3S/c1-8-4-5-10(16-11(13,14)15)7-9(8)3-2-6-12/h4-5,7H,2-3,6H2,1H3. The van der Waals surface area contributed by atoms with Gasteiger partial charge in [0.2, 0.25) is 0 Å². The van der Waals surface area contributed by atoms with Crippen LogP contribution in [0.1, 0.15) is 17.5 Å². The van der Waals surface area contributed by atoms with Gasteiger partial charge in [-0.25, -0.2) is 0 Å². The molecule has 0 saturated carbocycles. The number of thioether (sulfide) groups is 1. The van der Waals surface area contributed by atoms with Gasteiger partial charge in [0.1, 0.15) is 0 Å². The van der Waals surface area contributed by atoms with Gasteiger partial charge in [0.25, 0.3) is 0 Å². The Bertz CT molecular complexity index is 350. The third kappa shape index (κ3) is 4.78. The zero-order valence-electron chi connectivity index (χ0n) is 8.77. The Labute approximate surface area is 106 Å². The Hall–Kier alpha value is -0.160. The lowest BCUT2D eigenvalue weighted by atomic mass is 10.0.